The number of hydrogen-bond donors (Lipinski definition) is 0. The molecule has 2 heteroatoms. The highest BCUT2D eigenvalue weighted by atomic mass is 16.2. The van der Waals surface area contributed by atoms with E-state index in [4.69, 9.17) is 0 Å². The minimum atomic E-state index is 0.227. The maximum absolute atomic E-state index is 13.3. The molecule has 0 saturated heterocycles. The van der Waals surface area contributed by atoms with Crippen LogP contribution in [-0.2, 0) is 4.79 Å². The van der Waals surface area contributed by atoms with Gasteiger partial charge in [-0.15, -0.1) is 0 Å². The molecule has 2 nitrogen and oxygen atoms in total. The Kier molecular flexibility index (Phi) is 9.76. The SMILES string of the molecule is CC.CC(C)C1=C(C(C)C)C(C(C)C)=C(C(C)C)C(=O)N(C(C)C)C1. The van der Waals surface area contributed by atoms with Crippen molar-refractivity contribution in [2.75, 3.05) is 6.54 Å². The zero-order valence-corrected chi connectivity index (χ0v) is 18.9. The van der Waals surface area contributed by atoms with Crippen molar-refractivity contribution in [1.82, 2.24) is 4.90 Å². The van der Waals surface area contributed by atoms with E-state index in [-0.39, 0.29) is 17.9 Å². The third kappa shape index (κ3) is 5.46. The largest absolute Gasteiger partial charge is 0.332 e. The van der Waals surface area contributed by atoms with Gasteiger partial charge in [-0.05, 0) is 54.2 Å². The molecule has 0 spiro atoms. The number of carbonyl (C=O) groups is 1. The van der Waals surface area contributed by atoms with Gasteiger partial charge in [0.05, 0.1) is 0 Å². The van der Waals surface area contributed by atoms with Crippen LogP contribution in [0.5, 0.6) is 0 Å². The second-order valence-corrected chi connectivity index (χ2v) is 8.41. The first-order valence-electron chi connectivity index (χ1n) is 10.3. The topological polar surface area (TPSA) is 20.3 Å². The number of nitrogens with zero attached hydrogens (tertiary/aromatic N) is 1. The molecule has 0 aromatic heterocycles. The van der Waals surface area contributed by atoms with Crippen molar-refractivity contribution in [1.29, 1.82) is 0 Å². The molecule has 0 atom stereocenters. The molecule has 0 aliphatic carbocycles. The molecule has 0 bridgehead atoms. The van der Waals surface area contributed by atoms with Crippen LogP contribution in [0.15, 0.2) is 22.3 Å². The van der Waals surface area contributed by atoms with Crippen LogP contribution in [-0.4, -0.2) is 23.4 Å². The van der Waals surface area contributed by atoms with Crippen molar-refractivity contribution in [3.8, 4) is 0 Å². The van der Waals surface area contributed by atoms with Gasteiger partial charge < -0.3 is 4.90 Å². The van der Waals surface area contributed by atoms with Crippen LogP contribution < -0.4 is 0 Å². The van der Waals surface area contributed by atoms with Gasteiger partial charge in [0.1, 0.15) is 0 Å². The van der Waals surface area contributed by atoms with E-state index in [9.17, 15) is 4.79 Å². The van der Waals surface area contributed by atoms with E-state index in [1.165, 1.54) is 16.7 Å². The molecule has 0 N–H and O–H groups in total. The maximum Gasteiger partial charge on any atom is 0.250 e. The second-order valence-electron chi connectivity index (χ2n) is 8.41. The molecule has 0 radical (unpaired) electrons. The first kappa shape index (κ1) is 23.9. The molecule has 0 fully saturated rings. The summed E-state index contributed by atoms with van der Waals surface area (Å²) in [5.74, 6) is 1.77. The van der Waals surface area contributed by atoms with Crippen molar-refractivity contribution in [3.63, 3.8) is 0 Å². The predicted octanol–water partition coefficient (Wildman–Crippen LogP) is 6.48. The highest BCUT2D eigenvalue weighted by Crippen LogP contribution is 2.39. The minimum absolute atomic E-state index is 0.227. The average molecular weight is 350 g/mol. The second kappa shape index (κ2) is 10.2. The van der Waals surface area contributed by atoms with E-state index in [0.29, 0.717) is 17.8 Å². The Morgan fingerprint density at radius 1 is 0.640 bits per heavy atom. The summed E-state index contributed by atoms with van der Waals surface area (Å²) in [5.41, 5.74) is 5.23. The summed E-state index contributed by atoms with van der Waals surface area (Å²) in [6.07, 6.45) is 0. The van der Waals surface area contributed by atoms with Gasteiger partial charge in [-0.1, -0.05) is 69.2 Å². The molecular formula is C23H43NO. The van der Waals surface area contributed by atoms with Gasteiger partial charge >= 0.3 is 0 Å². The molecule has 25 heavy (non-hydrogen) atoms. The first-order chi connectivity index (χ1) is 11.5. The van der Waals surface area contributed by atoms with Crippen LogP contribution >= 0.6 is 0 Å². The van der Waals surface area contributed by atoms with Crippen LogP contribution in [0.1, 0.15) is 83.1 Å². The normalized spacial score (nSPS) is 16.5. The zero-order valence-electron chi connectivity index (χ0n) is 18.9. The van der Waals surface area contributed by atoms with Crippen molar-refractivity contribution >= 4 is 5.91 Å². The Morgan fingerprint density at radius 3 is 1.32 bits per heavy atom. The zero-order chi connectivity index (χ0) is 20.1. The van der Waals surface area contributed by atoms with Gasteiger partial charge in [0, 0.05) is 18.2 Å². The van der Waals surface area contributed by atoms with E-state index in [0.717, 1.165) is 12.1 Å². The highest BCUT2D eigenvalue weighted by molar-refractivity contribution is 5.96. The molecule has 1 aliphatic rings. The summed E-state index contributed by atoms with van der Waals surface area (Å²) >= 11 is 0. The highest BCUT2D eigenvalue weighted by Gasteiger charge is 2.34. The van der Waals surface area contributed by atoms with Crippen LogP contribution in [0.3, 0.4) is 0 Å². The van der Waals surface area contributed by atoms with Gasteiger partial charge in [0.2, 0.25) is 0 Å². The van der Waals surface area contributed by atoms with E-state index in [1.807, 2.05) is 13.8 Å². The van der Waals surface area contributed by atoms with Crippen molar-refractivity contribution in [2.24, 2.45) is 23.7 Å². The summed E-state index contributed by atoms with van der Waals surface area (Å²) in [6.45, 7) is 26.9. The fraction of sp³-hybridized carbons (Fsp3) is 0.783. The summed E-state index contributed by atoms with van der Waals surface area (Å²) < 4.78 is 0. The average Bonchev–Trinajstić information content (AvgIpc) is 2.63. The predicted molar refractivity (Wildman–Crippen MR) is 112 cm³/mol. The lowest BCUT2D eigenvalue weighted by Gasteiger charge is -2.29. The summed E-state index contributed by atoms with van der Waals surface area (Å²) in [7, 11) is 0. The Bertz CT molecular complexity index is 504. The smallest absolute Gasteiger partial charge is 0.250 e. The minimum Gasteiger partial charge on any atom is -0.332 e. The third-order valence-corrected chi connectivity index (χ3v) is 4.81. The molecule has 1 amide bonds. The molecule has 146 valence electrons. The maximum atomic E-state index is 13.3. The lowest BCUT2D eigenvalue weighted by molar-refractivity contribution is -0.128. The van der Waals surface area contributed by atoms with Crippen LogP contribution in [0, 0.1) is 23.7 Å². The third-order valence-electron chi connectivity index (χ3n) is 4.81. The van der Waals surface area contributed by atoms with Crippen LogP contribution in [0.4, 0.5) is 0 Å². The molecule has 1 aliphatic heterocycles. The summed E-state index contributed by atoms with van der Waals surface area (Å²) in [5, 5.41) is 0. The monoisotopic (exact) mass is 349 g/mol. The van der Waals surface area contributed by atoms with E-state index in [2.05, 4.69) is 74.1 Å². The van der Waals surface area contributed by atoms with Gasteiger partial charge in [-0.3, -0.25) is 4.79 Å². The quantitative estimate of drug-likeness (QED) is 0.556. The molecular weight excluding hydrogens is 306 g/mol. The van der Waals surface area contributed by atoms with Crippen molar-refractivity contribution in [2.45, 2.75) is 89.1 Å². The van der Waals surface area contributed by atoms with Crippen LogP contribution in [0.25, 0.3) is 0 Å². The molecule has 0 unspecified atom stereocenters. The van der Waals surface area contributed by atoms with Gasteiger partial charge in [0.25, 0.3) is 5.91 Å². The molecule has 1 rings (SSSR count). The lowest BCUT2D eigenvalue weighted by atomic mass is 9.78. The van der Waals surface area contributed by atoms with E-state index >= 15 is 0 Å². The number of allylic oxidation sites excluding steroid dienone is 2. The fourth-order valence-corrected chi connectivity index (χ4v) is 3.70. The molecule has 0 saturated carbocycles. The molecule has 0 aromatic rings. The van der Waals surface area contributed by atoms with Gasteiger partial charge in [0.15, 0.2) is 0 Å². The lowest BCUT2D eigenvalue weighted by Crippen LogP contribution is -2.40. The van der Waals surface area contributed by atoms with Crippen molar-refractivity contribution in [3.05, 3.63) is 22.3 Å². The number of amides is 1. The fourth-order valence-electron chi connectivity index (χ4n) is 3.70. The van der Waals surface area contributed by atoms with Gasteiger partial charge in [-0.25, -0.2) is 0 Å². The Balaban J connectivity index is 0.00000277. The van der Waals surface area contributed by atoms with E-state index < -0.39 is 0 Å². The van der Waals surface area contributed by atoms with E-state index in [1.54, 1.807) is 0 Å². The Labute approximate surface area is 157 Å². The Hall–Kier alpha value is -1.05. The van der Waals surface area contributed by atoms with Crippen LogP contribution in [0.2, 0.25) is 0 Å². The molecule has 1 heterocycles. The number of hydrogen-bond acceptors (Lipinski definition) is 1. The summed E-state index contributed by atoms with van der Waals surface area (Å²) in [4.78, 5) is 15.4. The molecule has 0 aromatic carbocycles. The first-order valence-corrected chi connectivity index (χ1v) is 10.3. The Morgan fingerprint density at radius 2 is 1.04 bits per heavy atom. The number of rotatable bonds is 5. The van der Waals surface area contributed by atoms with Gasteiger partial charge in [-0.2, -0.15) is 0 Å². The van der Waals surface area contributed by atoms with Crippen molar-refractivity contribution < 1.29 is 4.79 Å². The standard InChI is InChI=1S/C21H37NO.C2H6/c1-12(2)17-11-22(16(9)10)21(23)20(15(7)8)19(14(5)6)18(17)13(3)4;1-2/h12-16H,11H2,1-10H3;1-2H3. The number of carbonyl (C=O) groups excluding carboxylic acids is 1. The summed E-state index contributed by atoms with van der Waals surface area (Å²) in [6, 6.07) is 0.227.